The molecule has 7 nitrogen and oxygen atoms in total. The molecule has 0 aliphatic carbocycles. The van der Waals surface area contributed by atoms with Gasteiger partial charge in [0.2, 0.25) is 0 Å². The number of quaternary nitrogens is 1. The highest BCUT2D eigenvalue weighted by Crippen LogP contribution is 2.41. The van der Waals surface area contributed by atoms with Gasteiger partial charge >= 0.3 is 11.9 Å². The third-order valence-corrected chi connectivity index (χ3v) is 8.56. The molecule has 2 amide bonds. The lowest BCUT2D eigenvalue weighted by Crippen LogP contribution is -2.55. The maximum absolute atomic E-state index is 13.1. The minimum absolute atomic E-state index is 0.00732. The largest absolute Gasteiger partial charge is 0.493 e. The summed E-state index contributed by atoms with van der Waals surface area (Å²) >= 11 is 6.05. The second kappa shape index (κ2) is 11.8. The highest BCUT2D eigenvalue weighted by Gasteiger charge is 2.43. The summed E-state index contributed by atoms with van der Waals surface area (Å²) < 4.78 is 12.5. The van der Waals surface area contributed by atoms with E-state index in [0.29, 0.717) is 43.3 Å². The Morgan fingerprint density at radius 3 is 2.67 bits per heavy atom. The quantitative estimate of drug-likeness (QED) is 0.451. The van der Waals surface area contributed by atoms with Crippen molar-refractivity contribution in [2.75, 3.05) is 46.9 Å². The number of carbonyl (C=O) groups excluding carboxylic acids is 1. The monoisotopic (exact) mass is 564 g/mol. The minimum atomic E-state index is -0.813. The SMILES string of the molecule is CCOc1cccc2c1CC(=CCCN1CCC(O)(c3ccc(Cl)cc3)CC1)C1=C(O2)[N+](C)(C(=O)NC)CC=C1. The van der Waals surface area contributed by atoms with E-state index in [2.05, 4.69) is 22.4 Å². The predicted octanol–water partition coefficient (Wildman–Crippen LogP) is 5.54. The number of likely N-dealkylation sites (tertiary alicyclic amines) is 1. The molecular weight excluding hydrogens is 526 g/mol. The Kier molecular flexibility index (Phi) is 8.38. The van der Waals surface area contributed by atoms with Crippen LogP contribution in [0.25, 0.3) is 0 Å². The molecule has 2 aromatic rings. The summed E-state index contributed by atoms with van der Waals surface area (Å²) in [6.07, 6.45) is 9.28. The number of nitrogens with one attached hydrogen (secondary N) is 1. The molecule has 1 fully saturated rings. The highest BCUT2D eigenvalue weighted by molar-refractivity contribution is 6.30. The number of likely N-dealkylation sites (N-methyl/N-ethyl adjacent to an activating group) is 1. The Morgan fingerprint density at radius 1 is 1.23 bits per heavy atom. The van der Waals surface area contributed by atoms with E-state index in [1.54, 1.807) is 7.05 Å². The second-order valence-electron chi connectivity index (χ2n) is 10.9. The molecule has 0 radical (unpaired) electrons. The zero-order chi connectivity index (χ0) is 28.3. The van der Waals surface area contributed by atoms with Crippen LogP contribution in [0.4, 0.5) is 4.79 Å². The molecule has 8 heteroatoms. The van der Waals surface area contributed by atoms with Crippen LogP contribution in [-0.4, -0.2) is 67.4 Å². The molecule has 40 heavy (non-hydrogen) atoms. The lowest BCUT2D eigenvalue weighted by Gasteiger charge is -2.38. The summed E-state index contributed by atoms with van der Waals surface area (Å²) in [5.41, 5.74) is 3.19. The number of aliphatic hydroxyl groups is 1. The first-order chi connectivity index (χ1) is 19.3. The van der Waals surface area contributed by atoms with Crippen molar-refractivity contribution in [3.05, 3.63) is 93.9 Å². The molecule has 3 aliphatic heterocycles. The highest BCUT2D eigenvalue weighted by atomic mass is 35.5. The molecule has 3 heterocycles. The van der Waals surface area contributed by atoms with Gasteiger partial charge in [-0.05, 0) is 73.7 Å². The average molecular weight is 565 g/mol. The number of piperidine rings is 1. The summed E-state index contributed by atoms with van der Waals surface area (Å²) in [7, 11) is 3.55. The number of carbonyl (C=O) groups is 1. The third kappa shape index (κ3) is 5.56. The zero-order valence-electron chi connectivity index (χ0n) is 23.6. The van der Waals surface area contributed by atoms with Gasteiger partial charge in [-0.15, -0.1) is 0 Å². The molecule has 5 rings (SSSR count). The van der Waals surface area contributed by atoms with Gasteiger partial charge in [-0.2, -0.15) is 4.48 Å². The fraction of sp³-hybridized carbons (Fsp3) is 0.406. The third-order valence-electron chi connectivity index (χ3n) is 8.31. The summed E-state index contributed by atoms with van der Waals surface area (Å²) in [5, 5.41) is 14.8. The Bertz CT molecular complexity index is 1340. The number of fused-ring (bicyclic) bond motifs is 1. The van der Waals surface area contributed by atoms with Crippen LogP contribution in [0.1, 0.15) is 37.3 Å². The van der Waals surface area contributed by atoms with Crippen LogP contribution in [-0.2, 0) is 12.0 Å². The van der Waals surface area contributed by atoms with E-state index in [9.17, 15) is 9.90 Å². The van der Waals surface area contributed by atoms with Crippen molar-refractivity contribution in [2.24, 2.45) is 0 Å². The molecule has 3 aliphatic rings. The first kappa shape index (κ1) is 28.4. The standard InChI is InChI=1S/C32H38ClN3O4/c1-4-39-28-10-5-11-29-27(28)22-23(26-9-7-21-36(3,30(26)40-29)31(37)34-2)8-6-18-35-19-16-32(38,17-20-35)24-12-14-25(33)15-13-24/h5,7-15,38H,4,6,16-22H2,1-3H3/p+1. The first-order valence-electron chi connectivity index (χ1n) is 14.1. The number of ether oxygens (including phenoxy) is 2. The van der Waals surface area contributed by atoms with E-state index in [0.717, 1.165) is 59.8 Å². The van der Waals surface area contributed by atoms with Gasteiger partial charge in [-0.1, -0.05) is 35.9 Å². The number of allylic oxidation sites excluding steroid dienone is 3. The van der Waals surface area contributed by atoms with Crippen LogP contribution in [0.3, 0.4) is 0 Å². The van der Waals surface area contributed by atoms with Crippen LogP contribution >= 0.6 is 11.6 Å². The number of halogens is 1. The van der Waals surface area contributed by atoms with E-state index < -0.39 is 5.60 Å². The second-order valence-corrected chi connectivity index (χ2v) is 11.3. The number of nitrogens with zero attached hydrogens (tertiary/aromatic N) is 2. The van der Waals surface area contributed by atoms with Gasteiger partial charge in [0.25, 0.3) is 0 Å². The minimum Gasteiger partial charge on any atom is -0.493 e. The maximum atomic E-state index is 13.1. The van der Waals surface area contributed by atoms with Gasteiger partial charge in [-0.25, -0.2) is 4.79 Å². The normalized spacial score (nSPS) is 23.2. The van der Waals surface area contributed by atoms with Gasteiger partial charge in [0.1, 0.15) is 18.0 Å². The van der Waals surface area contributed by atoms with Crippen LogP contribution in [0.5, 0.6) is 11.5 Å². The lowest BCUT2D eigenvalue weighted by atomic mass is 9.84. The number of rotatable bonds is 6. The van der Waals surface area contributed by atoms with E-state index >= 15 is 0 Å². The van der Waals surface area contributed by atoms with E-state index in [1.807, 2.05) is 62.5 Å². The molecule has 1 unspecified atom stereocenters. The number of urea groups is 1. The lowest BCUT2D eigenvalue weighted by molar-refractivity contribution is -0.799. The molecule has 0 aromatic heterocycles. The van der Waals surface area contributed by atoms with Crippen LogP contribution < -0.4 is 14.8 Å². The average Bonchev–Trinajstić information content (AvgIpc) is 3.12. The summed E-state index contributed by atoms with van der Waals surface area (Å²) in [6, 6.07) is 13.3. The smallest absolute Gasteiger partial charge is 0.424 e. The summed E-state index contributed by atoms with van der Waals surface area (Å²) in [5.74, 6) is 2.16. The van der Waals surface area contributed by atoms with Crippen LogP contribution in [0, 0.1) is 0 Å². The molecule has 0 spiro atoms. The number of benzene rings is 2. The Hall–Kier alpha value is -3.10. The van der Waals surface area contributed by atoms with Crippen molar-refractivity contribution in [2.45, 2.75) is 38.2 Å². The van der Waals surface area contributed by atoms with Gasteiger partial charge in [0.05, 0.1) is 24.8 Å². The van der Waals surface area contributed by atoms with Crippen molar-refractivity contribution in [1.29, 1.82) is 0 Å². The van der Waals surface area contributed by atoms with Gasteiger partial charge < -0.3 is 24.8 Å². The number of amides is 2. The van der Waals surface area contributed by atoms with E-state index in [1.165, 1.54) is 0 Å². The van der Waals surface area contributed by atoms with Crippen molar-refractivity contribution in [1.82, 2.24) is 10.2 Å². The molecule has 2 aromatic carbocycles. The summed E-state index contributed by atoms with van der Waals surface area (Å²) in [4.78, 5) is 15.5. The Balaban J connectivity index is 1.38. The van der Waals surface area contributed by atoms with E-state index in [4.69, 9.17) is 21.1 Å². The molecule has 0 bridgehead atoms. The molecule has 1 saturated heterocycles. The van der Waals surface area contributed by atoms with Crippen LogP contribution in [0.2, 0.25) is 5.02 Å². The van der Waals surface area contributed by atoms with Crippen molar-refractivity contribution in [3.8, 4) is 11.5 Å². The van der Waals surface area contributed by atoms with Crippen molar-refractivity contribution >= 4 is 17.6 Å². The number of hydrogen-bond acceptors (Lipinski definition) is 5. The molecule has 2 N–H and O–H groups in total. The predicted molar refractivity (Wildman–Crippen MR) is 157 cm³/mol. The zero-order valence-corrected chi connectivity index (χ0v) is 24.3. The van der Waals surface area contributed by atoms with Gasteiger partial charge in [0, 0.05) is 43.7 Å². The maximum Gasteiger partial charge on any atom is 0.424 e. The molecular formula is C32H39ClN3O4+. The van der Waals surface area contributed by atoms with Crippen molar-refractivity contribution in [3.63, 3.8) is 0 Å². The topological polar surface area (TPSA) is 71.0 Å². The fourth-order valence-corrected chi connectivity index (χ4v) is 6.04. The van der Waals surface area contributed by atoms with Gasteiger partial charge in [0.15, 0.2) is 0 Å². The van der Waals surface area contributed by atoms with Crippen molar-refractivity contribution < 1.29 is 23.9 Å². The molecule has 212 valence electrons. The van der Waals surface area contributed by atoms with Gasteiger partial charge in [-0.3, -0.25) is 0 Å². The molecule has 0 saturated carbocycles. The Morgan fingerprint density at radius 2 is 1.98 bits per heavy atom. The Labute approximate surface area is 241 Å². The van der Waals surface area contributed by atoms with Crippen LogP contribution in [0.15, 0.2) is 77.7 Å². The fourth-order valence-electron chi connectivity index (χ4n) is 5.92. The summed E-state index contributed by atoms with van der Waals surface area (Å²) in [6.45, 7) is 5.58. The first-order valence-corrected chi connectivity index (χ1v) is 14.5. The number of hydrogen-bond donors (Lipinski definition) is 2. The molecule has 1 atom stereocenters. The van der Waals surface area contributed by atoms with E-state index in [-0.39, 0.29) is 10.5 Å².